The first kappa shape index (κ1) is 11.9. The molecule has 0 saturated carbocycles. The van der Waals surface area contributed by atoms with E-state index < -0.39 is 0 Å². The highest BCUT2D eigenvalue weighted by molar-refractivity contribution is 7.99. The summed E-state index contributed by atoms with van der Waals surface area (Å²) in [7, 11) is 0. The molecule has 1 aromatic carbocycles. The Balaban J connectivity index is 2.02. The summed E-state index contributed by atoms with van der Waals surface area (Å²) < 4.78 is 7.56. The zero-order valence-electron chi connectivity index (χ0n) is 10.2. The molecule has 0 aliphatic rings. The van der Waals surface area contributed by atoms with Crippen LogP contribution in [0.15, 0.2) is 58.2 Å². The Kier molecular flexibility index (Phi) is 3.30. The van der Waals surface area contributed by atoms with Gasteiger partial charge in [-0.2, -0.15) is 5.26 Å². The smallest absolute Gasteiger partial charge is 0.123 e. The summed E-state index contributed by atoms with van der Waals surface area (Å²) in [6.07, 6.45) is 3.78. The number of rotatable bonds is 4. The van der Waals surface area contributed by atoms with E-state index in [-0.39, 0.29) is 0 Å². The van der Waals surface area contributed by atoms with Gasteiger partial charge in [0.1, 0.15) is 5.76 Å². The van der Waals surface area contributed by atoms with Gasteiger partial charge >= 0.3 is 0 Å². The van der Waals surface area contributed by atoms with Gasteiger partial charge in [-0.25, -0.2) is 0 Å². The first-order valence-corrected chi connectivity index (χ1v) is 6.97. The summed E-state index contributed by atoms with van der Waals surface area (Å²) >= 11 is 1.57. The zero-order chi connectivity index (χ0) is 13.1. The molecule has 0 radical (unpaired) electrons. The van der Waals surface area contributed by atoms with Gasteiger partial charge < -0.3 is 8.98 Å². The fourth-order valence-electron chi connectivity index (χ4n) is 2.14. The average Bonchev–Trinajstić information content (AvgIpc) is 3.06. The summed E-state index contributed by atoms with van der Waals surface area (Å²) in [5, 5.41) is 9.91. The number of furan rings is 1. The molecule has 19 heavy (non-hydrogen) atoms. The highest BCUT2D eigenvalue weighted by atomic mass is 32.2. The summed E-state index contributed by atoms with van der Waals surface area (Å²) in [5.74, 6) is 1.40. The third kappa shape index (κ3) is 2.38. The first-order chi connectivity index (χ1) is 9.38. The Hall–Kier alpha value is -2.12. The van der Waals surface area contributed by atoms with Gasteiger partial charge in [0.05, 0.1) is 24.6 Å². The van der Waals surface area contributed by atoms with Crippen molar-refractivity contribution >= 4 is 22.7 Å². The number of nitrogens with zero attached hydrogens (tertiary/aromatic N) is 2. The molecule has 0 spiro atoms. The van der Waals surface area contributed by atoms with Crippen LogP contribution in [0.1, 0.15) is 5.76 Å². The van der Waals surface area contributed by atoms with E-state index in [9.17, 15) is 0 Å². The number of fused-ring (bicyclic) bond motifs is 1. The Morgan fingerprint density at radius 3 is 2.89 bits per heavy atom. The van der Waals surface area contributed by atoms with Crippen LogP contribution in [-0.4, -0.2) is 10.3 Å². The van der Waals surface area contributed by atoms with Crippen molar-refractivity contribution in [3.63, 3.8) is 0 Å². The van der Waals surface area contributed by atoms with Crippen LogP contribution in [0.2, 0.25) is 0 Å². The van der Waals surface area contributed by atoms with Crippen LogP contribution >= 0.6 is 11.8 Å². The van der Waals surface area contributed by atoms with E-state index in [1.165, 1.54) is 10.9 Å². The maximum absolute atomic E-state index is 8.72. The maximum Gasteiger partial charge on any atom is 0.123 e. The predicted molar refractivity (Wildman–Crippen MR) is 76.1 cm³/mol. The van der Waals surface area contributed by atoms with Crippen molar-refractivity contribution in [3.05, 3.63) is 54.6 Å². The second-order valence-corrected chi connectivity index (χ2v) is 5.18. The third-order valence-electron chi connectivity index (χ3n) is 2.95. The number of benzene rings is 1. The second kappa shape index (κ2) is 5.25. The summed E-state index contributed by atoms with van der Waals surface area (Å²) in [4.78, 5) is 1.14. The van der Waals surface area contributed by atoms with Crippen molar-refractivity contribution in [2.75, 3.05) is 5.75 Å². The molecule has 4 heteroatoms. The van der Waals surface area contributed by atoms with Crippen LogP contribution in [0.5, 0.6) is 0 Å². The molecule has 3 nitrogen and oxygen atoms in total. The largest absolute Gasteiger partial charge is 0.467 e. The lowest BCUT2D eigenvalue weighted by Gasteiger charge is -2.01. The quantitative estimate of drug-likeness (QED) is 0.674. The zero-order valence-corrected chi connectivity index (χ0v) is 11.1. The van der Waals surface area contributed by atoms with E-state index in [2.05, 4.69) is 29.0 Å². The molecule has 0 aliphatic carbocycles. The maximum atomic E-state index is 8.72. The van der Waals surface area contributed by atoms with Gasteiger partial charge in [0.15, 0.2) is 0 Å². The number of hydrogen-bond acceptors (Lipinski definition) is 3. The summed E-state index contributed by atoms with van der Waals surface area (Å²) in [6, 6.07) is 14.3. The molecule has 2 aromatic heterocycles. The summed E-state index contributed by atoms with van der Waals surface area (Å²) in [5.41, 5.74) is 1.17. The number of hydrogen-bond donors (Lipinski definition) is 0. The predicted octanol–water partition coefficient (Wildman–Crippen LogP) is 3.90. The molecule has 94 valence electrons. The average molecular weight is 268 g/mol. The van der Waals surface area contributed by atoms with E-state index in [4.69, 9.17) is 9.68 Å². The van der Waals surface area contributed by atoms with Gasteiger partial charge in [-0.05, 0) is 18.2 Å². The molecule has 0 aliphatic heterocycles. The first-order valence-electron chi connectivity index (χ1n) is 5.98. The molecular weight excluding hydrogens is 256 g/mol. The molecule has 3 rings (SSSR count). The molecule has 0 bridgehead atoms. The minimum Gasteiger partial charge on any atom is -0.467 e. The topological polar surface area (TPSA) is 41.9 Å². The molecule has 0 fully saturated rings. The molecule has 0 N–H and O–H groups in total. The minimum atomic E-state index is 0.467. The molecular formula is C15H12N2OS. The minimum absolute atomic E-state index is 0.467. The van der Waals surface area contributed by atoms with E-state index >= 15 is 0 Å². The highest BCUT2D eigenvalue weighted by Gasteiger charge is 2.09. The molecule has 0 unspecified atom stereocenters. The van der Waals surface area contributed by atoms with Crippen molar-refractivity contribution in [2.24, 2.45) is 0 Å². The number of nitriles is 1. The third-order valence-corrected chi connectivity index (χ3v) is 3.86. The fourth-order valence-corrected chi connectivity index (χ4v) is 2.89. The van der Waals surface area contributed by atoms with Gasteiger partial charge in [0.25, 0.3) is 0 Å². The second-order valence-electron chi connectivity index (χ2n) is 4.16. The van der Waals surface area contributed by atoms with Crippen molar-refractivity contribution in [3.8, 4) is 6.07 Å². The summed E-state index contributed by atoms with van der Waals surface area (Å²) in [6.45, 7) is 0.709. The Bertz CT molecular complexity index is 722. The monoisotopic (exact) mass is 268 g/mol. The van der Waals surface area contributed by atoms with Gasteiger partial charge in [-0.1, -0.05) is 18.2 Å². The van der Waals surface area contributed by atoms with Crippen molar-refractivity contribution in [2.45, 2.75) is 11.4 Å². The standard InChI is InChI=1S/C15H12N2OS/c16-7-9-19-15-11-17(10-12-4-3-8-18-12)14-6-2-1-5-13(14)15/h1-6,8,11H,9-10H2. The van der Waals surface area contributed by atoms with E-state index in [1.807, 2.05) is 24.3 Å². The number of para-hydroxylation sites is 1. The fraction of sp³-hybridized carbons (Fsp3) is 0.133. The molecule has 2 heterocycles. The van der Waals surface area contributed by atoms with Crippen molar-refractivity contribution in [1.82, 2.24) is 4.57 Å². The Morgan fingerprint density at radius 1 is 1.21 bits per heavy atom. The molecule has 0 saturated heterocycles. The number of aromatic nitrogens is 1. The van der Waals surface area contributed by atoms with Gasteiger partial charge in [-0.3, -0.25) is 0 Å². The van der Waals surface area contributed by atoms with Crippen LogP contribution in [0, 0.1) is 11.3 Å². The highest BCUT2D eigenvalue weighted by Crippen LogP contribution is 2.30. The lowest BCUT2D eigenvalue weighted by molar-refractivity contribution is 0.496. The van der Waals surface area contributed by atoms with Crippen LogP contribution in [-0.2, 0) is 6.54 Å². The van der Waals surface area contributed by atoms with Gasteiger partial charge in [-0.15, -0.1) is 11.8 Å². The molecule has 0 atom stereocenters. The van der Waals surface area contributed by atoms with E-state index in [0.29, 0.717) is 12.3 Å². The van der Waals surface area contributed by atoms with E-state index in [0.717, 1.165) is 10.7 Å². The van der Waals surface area contributed by atoms with Crippen LogP contribution in [0.25, 0.3) is 10.9 Å². The number of thioether (sulfide) groups is 1. The van der Waals surface area contributed by atoms with Crippen LogP contribution in [0.3, 0.4) is 0 Å². The normalized spacial score (nSPS) is 10.7. The van der Waals surface area contributed by atoms with E-state index in [1.54, 1.807) is 18.0 Å². The Labute approximate surface area is 115 Å². The lowest BCUT2D eigenvalue weighted by atomic mass is 10.2. The molecule has 0 amide bonds. The Morgan fingerprint density at radius 2 is 2.11 bits per heavy atom. The van der Waals surface area contributed by atoms with Gasteiger partial charge in [0.2, 0.25) is 0 Å². The van der Waals surface area contributed by atoms with Crippen molar-refractivity contribution in [1.29, 1.82) is 5.26 Å². The SMILES string of the molecule is N#CCSc1cn(Cc2ccco2)c2ccccc12. The molecule has 3 aromatic rings. The van der Waals surface area contributed by atoms with Crippen molar-refractivity contribution < 1.29 is 4.42 Å². The lowest BCUT2D eigenvalue weighted by Crippen LogP contribution is -1.95. The van der Waals surface area contributed by atoms with Gasteiger partial charge in [0, 0.05) is 22.0 Å². The van der Waals surface area contributed by atoms with Crippen LogP contribution < -0.4 is 0 Å². The van der Waals surface area contributed by atoms with Crippen LogP contribution in [0.4, 0.5) is 0 Å².